The van der Waals surface area contributed by atoms with Crippen molar-refractivity contribution in [1.29, 1.82) is 0 Å². The normalized spacial score (nSPS) is 28.7. The zero-order chi connectivity index (χ0) is 19.7. The highest BCUT2D eigenvalue weighted by Crippen LogP contribution is 2.64. The van der Waals surface area contributed by atoms with E-state index in [1.165, 1.54) is 23.5 Å². The summed E-state index contributed by atoms with van der Waals surface area (Å²) < 4.78 is 0. The zero-order valence-corrected chi connectivity index (χ0v) is 16.9. The van der Waals surface area contributed by atoms with E-state index in [0.29, 0.717) is 26.9 Å². The van der Waals surface area contributed by atoms with Crippen LogP contribution in [-0.4, -0.2) is 21.7 Å². The second-order valence-corrected chi connectivity index (χ2v) is 9.64. The molecular formula is C21H22N4O2S. The number of nitrogens with one attached hydrogen (secondary N) is 1. The summed E-state index contributed by atoms with van der Waals surface area (Å²) in [7, 11) is 0. The maximum atomic E-state index is 12.4. The van der Waals surface area contributed by atoms with Crippen LogP contribution in [0.3, 0.4) is 0 Å². The molecule has 1 aromatic carbocycles. The van der Waals surface area contributed by atoms with E-state index in [1.807, 2.05) is 18.2 Å². The highest BCUT2D eigenvalue weighted by atomic mass is 32.1. The van der Waals surface area contributed by atoms with Crippen molar-refractivity contribution in [3.05, 3.63) is 39.7 Å². The van der Waals surface area contributed by atoms with Crippen molar-refractivity contribution in [2.45, 2.75) is 40.0 Å². The van der Waals surface area contributed by atoms with Crippen LogP contribution < -0.4 is 16.0 Å². The molecule has 0 saturated heterocycles. The number of aromatic hydroxyl groups is 1. The molecule has 0 spiro atoms. The molecule has 2 heterocycles. The summed E-state index contributed by atoms with van der Waals surface area (Å²) in [5.41, 5.74) is 4.97. The van der Waals surface area contributed by atoms with E-state index in [4.69, 9.17) is 0 Å². The van der Waals surface area contributed by atoms with Crippen molar-refractivity contribution < 1.29 is 9.90 Å². The first-order valence-electron chi connectivity index (χ1n) is 9.57. The molecule has 2 bridgehead atoms. The second kappa shape index (κ2) is 5.73. The Morgan fingerprint density at radius 3 is 2.79 bits per heavy atom. The maximum absolute atomic E-state index is 12.4. The summed E-state index contributed by atoms with van der Waals surface area (Å²) >= 11 is 1.23. The van der Waals surface area contributed by atoms with E-state index < -0.39 is 0 Å². The molecule has 0 radical (unpaired) electrons. The number of thiazole rings is 1. The van der Waals surface area contributed by atoms with Crippen LogP contribution >= 0.6 is 11.3 Å². The lowest BCUT2D eigenvalue weighted by Gasteiger charge is -2.34. The molecule has 2 aliphatic carbocycles. The molecular weight excluding hydrogens is 372 g/mol. The van der Waals surface area contributed by atoms with E-state index in [-0.39, 0.29) is 22.6 Å². The van der Waals surface area contributed by atoms with Gasteiger partial charge in [0.15, 0.2) is 0 Å². The lowest BCUT2D eigenvalue weighted by molar-refractivity contribution is -0.112. The van der Waals surface area contributed by atoms with E-state index >= 15 is 0 Å². The minimum absolute atomic E-state index is 0.0980. The second-order valence-electron chi connectivity index (χ2n) is 8.64. The average molecular weight is 395 g/mol. The summed E-state index contributed by atoms with van der Waals surface area (Å²) in [4.78, 5) is 21.1. The number of carbonyl (C=O) groups is 1. The molecule has 144 valence electrons. The van der Waals surface area contributed by atoms with Gasteiger partial charge in [0.1, 0.15) is 4.88 Å². The van der Waals surface area contributed by atoms with Gasteiger partial charge in [-0.2, -0.15) is 10.1 Å². The molecule has 1 amide bonds. The Balaban J connectivity index is 1.48. The fourth-order valence-corrected chi connectivity index (χ4v) is 5.87. The number of anilines is 1. The highest BCUT2D eigenvalue weighted by Gasteiger charge is 2.60. The fourth-order valence-electron chi connectivity index (χ4n) is 5.02. The van der Waals surface area contributed by atoms with E-state index in [0.717, 1.165) is 18.1 Å². The molecule has 1 aromatic heterocycles. The third kappa shape index (κ3) is 2.25. The van der Waals surface area contributed by atoms with Gasteiger partial charge in [0.05, 0.1) is 10.9 Å². The molecule has 3 aliphatic rings. The highest BCUT2D eigenvalue weighted by molar-refractivity contribution is 7.17. The van der Waals surface area contributed by atoms with Crippen molar-refractivity contribution in [3.8, 4) is 5.88 Å². The summed E-state index contributed by atoms with van der Waals surface area (Å²) in [6.07, 6.45) is 3.42. The summed E-state index contributed by atoms with van der Waals surface area (Å²) in [6.45, 7) is 6.98. The van der Waals surface area contributed by atoms with Crippen LogP contribution in [0.1, 0.15) is 44.9 Å². The molecule has 28 heavy (non-hydrogen) atoms. The number of rotatable bonds is 3. The van der Waals surface area contributed by atoms with Crippen molar-refractivity contribution in [2.24, 2.45) is 26.8 Å². The topological polar surface area (TPSA) is 86.9 Å². The first kappa shape index (κ1) is 17.6. The Bertz CT molecular complexity index is 1160. The van der Waals surface area contributed by atoms with Crippen LogP contribution in [0.5, 0.6) is 5.88 Å². The number of fused-ring (bicyclic) bond motifs is 3. The number of benzene rings is 1. The van der Waals surface area contributed by atoms with Gasteiger partial charge >= 0.3 is 0 Å². The van der Waals surface area contributed by atoms with Crippen molar-refractivity contribution in [1.82, 2.24) is 4.98 Å². The first-order chi connectivity index (χ1) is 13.3. The van der Waals surface area contributed by atoms with Gasteiger partial charge in [0.2, 0.25) is 11.0 Å². The summed E-state index contributed by atoms with van der Waals surface area (Å²) in [5, 5.41) is 16.9. The van der Waals surface area contributed by atoms with Crippen LogP contribution in [0.25, 0.3) is 5.57 Å². The third-order valence-electron chi connectivity index (χ3n) is 7.24. The van der Waals surface area contributed by atoms with Crippen LogP contribution in [0.15, 0.2) is 34.4 Å². The Kier molecular flexibility index (Phi) is 3.59. The zero-order valence-electron chi connectivity index (χ0n) is 16.1. The number of nitrogens with zero attached hydrogens (tertiary/aromatic N) is 3. The predicted molar refractivity (Wildman–Crippen MR) is 109 cm³/mol. The van der Waals surface area contributed by atoms with Gasteiger partial charge in [-0.05, 0) is 36.7 Å². The molecule has 5 rings (SSSR count). The molecule has 7 heteroatoms. The summed E-state index contributed by atoms with van der Waals surface area (Å²) in [5.74, 6) is 0.158. The largest absolute Gasteiger partial charge is 0.492 e. The molecule has 2 fully saturated rings. The molecule has 2 unspecified atom stereocenters. The number of aromatic nitrogens is 1. The van der Waals surface area contributed by atoms with Crippen molar-refractivity contribution >= 4 is 33.7 Å². The Hall–Kier alpha value is -2.54. The number of hydrogen-bond acceptors (Lipinski definition) is 6. The SMILES string of the molecule is CC12CCC(C/C1=N/Nc1nc(O)c(C3=c4ccccc4=NC3=O)s1)C2(C)C. The number of para-hydroxylation sites is 1. The van der Waals surface area contributed by atoms with Gasteiger partial charge in [0, 0.05) is 16.3 Å². The maximum Gasteiger partial charge on any atom is 0.279 e. The van der Waals surface area contributed by atoms with Crippen molar-refractivity contribution in [3.63, 3.8) is 0 Å². The van der Waals surface area contributed by atoms with Gasteiger partial charge in [-0.15, -0.1) is 0 Å². The lowest BCUT2D eigenvalue weighted by Crippen LogP contribution is -2.32. The number of carbonyl (C=O) groups excluding carboxylic acids is 1. The van der Waals surface area contributed by atoms with Gasteiger partial charge in [0.25, 0.3) is 5.91 Å². The first-order valence-corrected chi connectivity index (χ1v) is 10.4. The lowest BCUT2D eigenvalue weighted by atomic mass is 9.70. The number of amides is 1. The number of hydrogen-bond donors (Lipinski definition) is 2. The standard InChI is InChI=1S/C21H22N4O2S/c1-20(2)11-8-9-21(20,3)14(10-11)24-25-19-23-18(27)16(28-19)15-12-6-4-5-7-13(12)22-17(15)26/h4-7,11,27H,8-10H2,1-3H3,(H,23,25)/b24-14-. The van der Waals surface area contributed by atoms with Crippen LogP contribution in [0.4, 0.5) is 5.13 Å². The van der Waals surface area contributed by atoms with Crippen molar-refractivity contribution in [2.75, 3.05) is 5.43 Å². The third-order valence-corrected chi connectivity index (χ3v) is 8.21. The fraction of sp³-hybridized carbons (Fsp3) is 0.429. The Morgan fingerprint density at radius 2 is 2.07 bits per heavy atom. The quantitative estimate of drug-likeness (QED) is 0.784. The van der Waals surface area contributed by atoms with Gasteiger partial charge < -0.3 is 5.11 Å². The molecule has 6 nitrogen and oxygen atoms in total. The Morgan fingerprint density at radius 1 is 1.29 bits per heavy atom. The molecule has 1 aliphatic heterocycles. The minimum atomic E-state index is -0.347. The van der Waals surface area contributed by atoms with E-state index in [9.17, 15) is 9.90 Å². The minimum Gasteiger partial charge on any atom is -0.492 e. The van der Waals surface area contributed by atoms with Gasteiger partial charge in [-0.25, -0.2) is 4.99 Å². The van der Waals surface area contributed by atoms with Gasteiger partial charge in [-0.1, -0.05) is 50.3 Å². The molecule has 2 saturated carbocycles. The van der Waals surface area contributed by atoms with E-state index in [1.54, 1.807) is 6.07 Å². The monoisotopic (exact) mass is 394 g/mol. The predicted octanol–water partition coefficient (Wildman–Crippen LogP) is 2.82. The summed E-state index contributed by atoms with van der Waals surface area (Å²) in [6, 6.07) is 7.32. The smallest absolute Gasteiger partial charge is 0.279 e. The molecule has 2 N–H and O–H groups in total. The molecule has 2 aromatic rings. The van der Waals surface area contributed by atoms with Gasteiger partial charge in [-0.3, -0.25) is 10.2 Å². The van der Waals surface area contributed by atoms with Crippen LogP contribution in [0, 0.1) is 16.7 Å². The molecule has 2 atom stereocenters. The van der Waals surface area contributed by atoms with Crippen LogP contribution in [0.2, 0.25) is 0 Å². The van der Waals surface area contributed by atoms with E-state index in [2.05, 4.69) is 41.3 Å². The number of hydrazone groups is 1. The average Bonchev–Trinajstić information content (AvgIpc) is 3.29. The van der Waals surface area contributed by atoms with Crippen LogP contribution in [-0.2, 0) is 4.79 Å². The Labute approximate surface area is 166 Å².